The summed E-state index contributed by atoms with van der Waals surface area (Å²) in [7, 11) is -12.6. The first-order chi connectivity index (χ1) is 10.9. The molecule has 1 rings (SSSR count). The molecule has 0 fully saturated rings. The van der Waals surface area contributed by atoms with Gasteiger partial charge in [-0.25, -0.2) is 21.6 Å². The predicted octanol–water partition coefficient (Wildman–Crippen LogP) is 2.32. The molecular weight excluding hydrogens is 388 g/mol. The lowest BCUT2D eigenvalue weighted by molar-refractivity contribution is -0.0434. The van der Waals surface area contributed by atoms with Crippen LogP contribution in [0, 0.1) is 0 Å². The highest BCUT2D eigenvalue weighted by Crippen LogP contribution is 2.37. The molecule has 0 amide bonds. The second-order valence-electron chi connectivity index (χ2n) is 4.57. The van der Waals surface area contributed by atoms with E-state index in [1.807, 2.05) is 0 Å². The summed E-state index contributed by atoms with van der Waals surface area (Å²) in [5.74, 6) is 0. The van der Waals surface area contributed by atoms with Crippen molar-refractivity contribution in [2.24, 2.45) is 0 Å². The zero-order valence-electron chi connectivity index (χ0n) is 11.7. The van der Waals surface area contributed by atoms with Crippen LogP contribution >= 0.6 is 0 Å². The third-order valence-electron chi connectivity index (χ3n) is 2.97. The average molecular weight is 399 g/mol. The molecule has 0 saturated heterocycles. The number of sulfonamides is 2. The van der Waals surface area contributed by atoms with Gasteiger partial charge in [-0.15, -0.1) is 0 Å². The van der Waals surface area contributed by atoms with Gasteiger partial charge in [0, 0.05) is 0 Å². The molecule has 13 heteroatoms. The minimum absolute atomic E-state index is 0.653. The van der Waals surface area contributed by atoms with Gasteiger partial charge in [-0.2, -0.15) is 25.3 Å². The Hall–Kier alpha value is -1.50. The molecule has 24 heavy (non-hydrogen) atoms. The van der Waals surface area contributed by atoms with Gasteiger partial charge in [-0.1, -0.05) is 18.2 Å². The number of alkyl halides is 6. The minimum atomic E-state index is -6.62. The molecule has 0 spiro atoms. The Kier molecular flexibility index (Phi) is 5.81. The van der Waals surface area contributed by atoms with Gasteiger partial charge in [-0.05, 0) is 12.1 Å². The van der Waals surface area contributed by atoms with Crippen LogP contribution in [0.2, 0.25) is 0 Å². The average Bonchev–Trinajstić information content (AvgIpc) is 2.48. The lowest BCUT2D eigenvalue weighted by Gasteiger charge is -2.32. The number of benzene rings is 1. The van der Waals surface area contributed by atoms with Gasteiger partial charge in [0.2, 0.25) is 0 Å². The zero-order valence-corrected chi connectivity index (χ0v) is 13.3. The third-order valence-corrected chi connectivity index (χ3v) is 7.45. The monoisotopic (exact) mass is 399 g/mol. The van der Waals surface area contributed by atoms with Crippen LogP contribution in [-0.2, 0) is 20.0 Å². The van der Waals surface area contributed by atoms with Crippen molar-refractivity contribution in [3.05, 3.63) is 30.3 Å². The fraction of sp³-hybridized carbons (Fsp3) is 0.455. The van der Waals surface area contributed by atoms with E-state index in [9.17, 15) is 43.2 Å². The second kappa shape index (κ2) is 6.78. The molecule has 0 aromatic heterocycles. The van der Waals surface area contributed by atoms with Crippen LogP contribution in [0.15, 0.2) is 30.3 Å². The van der Waals surface area contributed by atoms with E-state index < -0.39 is 59.7 Å². The highest BCUT2D eigenvalue weighted by atomic mass is 32.3. The van der Waals surface area contributed by atoms with Crippen LogP contribution in [0.25, 0.3) is 0 Å². The lowest BCUT2D eigenvalue weighted by atomic mass is 10.2. The van der Waals surface area contributed by atoms with Crippen LogP contribution in [0.1, 0.15) is 0 Å². The number of hydrogen-bond acceptors (Lipinski definition) is 4. The molecule has 0 heterocycles. The van der Waals surface area contributed by atoms with Gasteiger partial charge >= 0.3 is 15.5 Å². The van der Waals surface area contributed by atoms with E-state index in [1.165, 1.54) is 6.07 Å². The number of rotatable bonds is 7. The van der Waals surface area contributed by atoms with Gasteiger partial charge in [-0.3, -0.25) is 0 Å². The molecule has 1 aromatic carbocycles. The highest BCUT2D eigenvalue weighted by molar-refractivity contribution is 8.11. The zero-order chi connectivity index (χ0) is 18.8. The first kappa shape index (κ1) is 20.5. The molecule has 0 bridgehead atoms. The first-order valence-electron chi connectivity index (χ1n) is 6.00. The Morgan fingerprint density at radius 2 is 1.21 bits per heavy atom. The summed E-state index contributed by atoms with van der Waals surface area (Å²) in [6, 6.07) is 4.51. The van der Waals surface area contributed by atoms with Crippen molar-refractivity contribution in [1.29, 1.82) is 0 Å². The summed E-state index contributed by atoms with van der Waals surface area (Å²) >= 11 is 0. The van der Waals surface area contributed by atoms with E-state index in [0.29, 0.717) is 12.1 Å². The smallest absolute Gasteiger partial charge is 0.249 e. The van der Waals surface area contributed by atoms with Crippen LogP contribution in [0.5, 0.6) is 0 Å². The Morgan fingerprint density at radius 3 is 1.54 bits per heavy atom. The van der Waals surface area contributed by atoms with E-state index in [2.05, 4.69) is 0 Å². The largest absolute Gasteiger partial charge is 0.517 e. The molecular formula is C11H11F6NO4S2. The van der Waals surface area contributed by atoms with Crippen molar-refractivity contribution in [2.75, 3.05) is 23.7 Å². The number of halogens is 6. The van der Waals surface area contributed by atoms with Crippen LogP contribution in [0.3, 0.4) is 0 Å². The maximum Gasteiger partial charge on any atom is 0.517 e. The summed E-state index contributed by atoms with van der Waals surface area (Å²) < 4.78 is 121. The summed E-state index contributed by atoms with van der Waals surface area (Å²) in [6.45, 7) is -6.79. The fourth-order valence-electron chi connectivity index (χ4n) is 1.54. The number of nitrogens with zero attached hydrogens (tertiary/aromatic N) is 1. The quantitative estimate of drug-likeness (QED) is 0.660. The van der Waals surface area contributed by atoms with Crippen LogP contribution in [-0.4, -0.2) is 47.1 Å². The first-order valence-corrected chi connectivity index (χ1v) is 8.88. The molecule has 0 atom stereocenters. The van der Waals surface area contributed by atoms with E-state index in [0.717, 1.165) is 12.1 Å². The third kappa shape index (κ3) is 3.18. The minimum Gasteiger partial charge on any atom is -0.249 e. The fourth-order valence-corrected chi connectivity index (χ4v) is 5.05. The van der Waals surface area contributed by atoms with Gasteiger partial charge in [0.15, 0.2) is 4.75 Å². The molecule has 5 nitrogen and oxygen atoms in total. The Balaban J connectivity index is 3.81. The standard InChI is InChI=1S/C11H11F6NO4S2/c12-6-10(7-13,8-14)23(19,20)18(9-4-2-1-3-5-9)24(21,22)11(15,16)17/h1-5H,6-8H2. The summed E-state index contributed by atoms with van der Waals surface area (Å²) in [4.78, 5) is 0. The molecule has 1 aromatic rings. The topological polar surface area (TPSA) is 71.5 Å². The highest BCUT2D eigenvalue weighted by Gasteiger charge is 2.60. The van der Waals surface area contributed by atoms with E-state index >= 15 is 0 Å². The lowest BCUT2D eigenvalue weighted by Crippen LogP contribution is -2.57. The molecule has 0 aliphatic rings. The normalized spacial score (nSPS) is 13.8. The number of hydrogen-bond donors (Lipinski definition) is 0. The van der Waals surface area contributed by atoms with Gasteiger partial charge < -0.3 is 0 Å². The Labute approximate surface area is 134 Å². The number of anilines is 1. The second-order valence-corrected chi connectivity index (χ2v) is 8.76. The van der Waals surface area contributed by atoms with E-state index in [-0.39, 0.29) is 0 Å². The van der Waals surface area contributed by atoms with Crippen molar-refractivity contribution in [3.8, 4) is 0 Å². The SMILES string of the molecule is O=S(=O)(N(c1ccccc1)S(=O)(=O)C(CF)(CF)CF)C(F)(F)F. The maximum absolute atomic E-state index is 13.0. The van der Waals surface area contributed by atoms with Crippen molar-refractivity contribution < 1.29 is 43.2 Å². The molecule has 0 aliphatic heterocycles. The molecule has 0 saturated carbocycles. The molecule has 0 N–H and O–H groups in total. The Bertz CT molecular complexity index is 751. The van der Waals surface area contributed by atoms with Crippen LogP contribution in [0.4, 0.5) is 32.0 Å². The van der Waals surface area contributed by atoms with Crippen LogP contribution < -0.4 is 3.71 Å². The van der Waals surface area contributed by atoms with Crippen molar-refractivity contribution in [2.45, 2.75) is 10.3 Å². The molecule has 0 unspecified atom stereocenters. The summed E-state index contributed by atoms with van der Waals surface area (Å²) in [5, 5.41) is 0. The van der Waals surface area contributed by atoms with Crippen molar-refractivity contribution >= 4 is 25.7 Å². The summed E-state index contributed by atoms with van der Waals surface area (Å²) in [6.07, 6.45) is 0. The molecule has 0 aliphatic carbocycles. The van der Waals surface area contributed by atoms with Crippen molar-refractivity contribution in [3.63, 3.8) is 0 Å². The van der Waals surface area contributed by atoms with E-state index in [4.69, 9.17) is 0 Å². The van der Waals surface area contributed by atoms with Gasteiger partial charge in [0.25, 0.3) is 10.0 Å². The summed E-state index contributed by atoms with van der Waals surface area (Å²) in [5.41, 5.74) is -7.17. The van der Waals surface area contributed by atoms with Gasteiger partial charge in [0.1, 0.15) is 20.0 Å². The molecule has 138 valence electrons. The van der Waals surface area contributed by atoms with Gasteiger partial charge in [0.05, 0.1) is 5.69 Å². The van der Waals surface area contributed by atoms with Crippen molar-refractivity contribution in [1.82, 2.24) is 0 Å². The maximum atomic E-state index is 13.0. The molecule has 0 radical (unpaired) electrons. The number of para-hydroxylation sites is 1. The predicted molar refractivity (Wildman–Crippen MR) is 73.5 cm³/mol. The Morgan fingerprint density at radius 1 is 0.792 bits per heavy atom. The van der Waals surface area contributed by atoms with E-state index in [1.54, 1.807) is 0 Å².